The summed E-state index contributed by atoms with van der Waals surface area (Å²) in [4.78, 5) is 19.6. The predicted molar refractivity (Wildman–Crippen MR) is 92.6 cm³/mol. The third kappa shape index (κ3) is 2.81. The lowest BCUT2D eigenvalue weighted by Crippen LogP contribution is -2.32. The molecule has 2 saturated heterocycles. The second-order valence-electron chi connectivity index (χ2n) is 6.94. The Hall–Kier alpha value is -1.88. The summed E-state index contributed by atoms with van der Waals surface area (Å²) in [5.41, 5.74) is 2.14. The molecule has 2 atom stereocenters. The molecule has 1 amide bonds. The number of hydrogen-bond donors (Lipinski definition) is 0. The fourth-order valence-electron chi connectivity index (χ4n) is 4.10. The van der Waals surface area contributed by atoms with E-state index < -0.39 is 0 Å². The van der Waals surface area contributed by atoms with E-state index in [1.807, 2.05) is 23.1 Å². The van der Waals surface area contributed by atoms with Crippen molar-refractivity contribution < 1.29 is 9.53 Å². The third-order valence-corrected chi connectivity index (χ3v) is 5.40. The Bertz CT molecular complexity index is 733. The van der Waals surface area contributed by atoms with Gasteiger partial charge < -0.3 is 14.2 Å². The van der Waals surface area contributed by atoms with Crippen LogP contribution in [0.4, 0.5) is 0 Å². The van der Waals surface area contributed by atoms with Gasteiger partial charge in [-0.05, 0) is 44.2 Å². The zero-order valence-electron chi connectivity index (χ0n) is 14.3. The summed E-state index contributed by atoms with van der Waals surface area (Å²) in [5, 5.41) is 0. The molecule has 0 N–H and O–H groups in total. The molecule has 4 rings (SSSR count). The summed E-state index contributed by atoms with van der Waals surface area (Å²) in [7, 11) is 2.05. The molecule has 0 saturated carbocycles. The number of imidazole rings is 1. The number of aryl methyl sites for hydroxylation is 1. The van der Waals surface area contributed by atoms with Crippen molar-refractivity contribution in [1.82, 2.24) is 14.5 Å². The van der Waals surface area contributed by atoms with Crippen LogP contribution in [0, 0.1) is 0 Å². The average Bonchev–Trinajstić information content (AvgIpc) is 3.33. The molecule has 5 nitrogen and oxygen atoms in total. The van der Waals surface area contributed by atoms with Gasteiger partial charge in [-0.1, -0.05) is 12.1 Å². The van der Waals surface area contributed by atoms with Crippen LogP contribution in [0.1, 0.15) is 50.4 Å². The maximum Gasteiger partial charge on any atom is 0.223 e. The molecule has 3 heterocycles. The maximum absolute atomic E-state index is 12.7. The number of benzene rings is 1. The van der Waals surface area contributed by atoms with Crippen LogP contribution in [0.2, 0.25) is 0 Å². The van der Waals surface area contributed by atoms with E-state index in [2.05, 4.69) is 17.7 Å². The highest BCUT2D eigenvalue weighted by atomic mass is 16.5. The summed E-state index contributed by atoms with van der Waals surface area (Å²) in [5.74, 6) is 1.26. The van der Waals surface area contributed by atoms with Crippen LogP contribution >= 0.6 is 0 Å². The zero-order chi connectivity index (χ0) is 16.5. The molecule has 128 valence electrons. The quantitative estimate of drug-likeness (QED) is 0.866. The smallest absolute Gasteiger partial charge is 0.223 e. The number of carbonyl (C=O) groups is 1. The van der Waals surface area contributed by atoms with Gasteiger partial charge in [0, 0.05) is 26.6 Å². The zero-order valence-corrected chi connectivity index (χ0v) is 14.3. The molecule has 0 aliphatic carbocycles. The van der Waals surface area contributed by atoms with Gasteiger partial charge in [0.2, 0.25) is 5.91 Å². The first-order chi connectivity index (χ1) is 11.7. The molecule has 0 bridgehead atoms. The fraction of sp³-hybridized carbons (Fsp3) is 0.579. The first kappa shape index (κ1) is 15.6. The van der Waals surface area contributed by atoms with Crippen LogP contribution in [-0.4, -0.2) is 39.6 Å². The lowest BCUT2D eigenvalue weighted by molar-refractivity contribution is -0.133. The summed E-state index contributed by atoms with van der Waals surface area (Å²) < 4.78 is 7.79. The number of hydrogen-bond acceptors (Lipinski definition) is 3. The average molecular weight is 327 g/mol. The standard InChI is InChI=1S/C19H25N3O2/c1-21-16-8-3-2-7-15(16)20-19(21)17-9-4-12-22(17)18(23)11-10-14-6-5-13-24-14/h2-3,7-8,14,17H,4-6,9-13H2,1H3/t14-,17-/m1/s1. The van der Waals surface area contributed by atoms with E-state index in [4.69, 9.17) is 9.72 Å². The number of nitrogens with zero attached hydrogens (tertiary/aromatic N) is 3. The summed E-state index contributed by atoms with van der Waals surface area (Å²) in [6.45, 7) is 1.70. The van der Waals surface area contributed by atoms with E-state index in [1.165, 1.54) is 0 Å². The van der Waals surface area contributed by atoms with E-state index in [9.17, 15) is 4.79 Å². The molecule has 2 aliphatic heterocycles. The first-order valence-corrected chi connectivity index (χ1v) is 9.06. The molecule has 1 aromatic carbocycles. The highest BCUT2D eigenvalue weighted by Gasteiger charge is 2.33. The van der Waals surface area contributed by atoms with E-state index in [-0.39, 0.29) is 18.1 Å². The van der Waals surface area contributed by atoms with Crippen molar-refractivity contribution in [3.63, 3.8) is 0 Å². The monoisotopic (exact) mass is 327 g/mol. The van der Waals surface area contributed by atoms with E-state index in [0.717, 1.165) is 62.1 Å². The van der Waals surface area contributed by atoms with Gasteiger partial charge in [-0.3, -0.25) is 4.79 Å². The summed E-state index contributed by atoms with van der Waals surface area (Å²) >= 11 is 0. The van der Waals surface area contributed by atoms with Crippen LogP contribution in [-0.2, 0) is 16.6 Å². The molecule has 1 aromatic heterocycles. The van der Waals surface area contributed by atoms with Crippen molar-refractivity contribution in [3.05, 3.63) is 30.1 Å². The SMILES string of the molecule is Cn1c([C@H]2CCCN2C(=O)CC[C@H]2CCCO2)nc2ccccc21. The first-order valence-electron chi connectivity index (χ1n) is 9.06. The Morgan fingerprint density at radius 3 is 2.96 bits per heavy atom. The van der Waals surface area contributed by atoms with Crippen molar-refractivity contribution in [2.75, 3.05) is 13.2 Å². The van der Waals surface area contributed by atoms with E-state index in [0.29, 0.717) is 6.42 Å². The van der Waals surface area contributed by atoms with E-state index >= 15 is 0 Å². The van der Waals surface area contributed by atoms with Crippen molar-refractivity contribution in [2.24, 2.45) is 7.05 Å². The molecular formula is C19H25N3O2. The summed E-state index contributed by atoms with van der Waals surface area (Å²) in [6, 6.07) is 8.28. The van der Waals surface area contributed by atoms with Gasteiger partial charge >= 0.3 is 0 Å². The predicted octanol–water partition coefficient (Wildman–Crippen LogP) is 3.20. The number of fused-ring (bicyclic) bond motifs is 1. The number of carbonyl (C=O) groups excluding carboxylic acids is 1. The molecular weight excluding hydrogens is 302 g/mol. The van der Waals surface area contributed by atoms with Gasteiger partial charge in [-0.25, -0.2) is 4.98 Å². The number of rotatable bonds is 4. The minimum atomic E-state index is 0.111. The van der Waals surface area contributed by atoms with Gasteiger partial charge in [0.1, 0.15) is 5.82 Å². The second kappa shape index (κ2) is 6.55. The highest BCUT2D eigenvalue weighted by molar-refractivity contribution is 5.78. The highest BCUT2D eigenvalue weighted by Crippen LogP contribution is 2.33. The Balaban J connectivity index is 1.51. The third-order valence-electron chi connectivity index (χ3n) is 5.40. The number of likely N-dealkylation sites (tertiary alicyclic amines) is 1. The molecule has 2 aromatic rings. The van der Waals surface area contributed by atoms with Crippen LogP contribution in [0.3, 0.4) is 0 Å². The van der Waals surface area contributed by atoms with Crippen LogP contribution in [0.25, 0.3) is 11.0 Å². The van der Waals surface area contributed by atoms with Crippen LogP contribution in [0.5, 0.6) is 0 Å². The minimum absolute atomic E-state index is 0.111. The van der Waals surface area contributed by atoms with Crippen molar-refractivity contribution in [2.45, 2.75) is 50.7 Å². The number of amides is 1. The Labute approximate surface area is 142 Å². The molecule has 2 aliphatic rings. The van der Waals surface area contributed by atoms with Crippen molar-refractivity contribution in [3.8, 4) is 0 Å². The van der Waals surface area contributed by atoms with Crippen molar-refractivity contribution >= 4 is 16.9 Å². The number of aromatic nitrogens is 2. The van der Waals surface area contributed by atoms with Gasteiger partial charge in [-0.15, -0.1) is 0 Å². The lowest BCUT2D eigenvalue weighted by atomic mass is 10.1. The topological polar surface area (TPSA) is 47.4 Å². The number of ether oxygens (including phenoxy) is 1. The summed E-state index contributed by atoms with van der Waals surface area (Å²) in [6.07, 6.45) is 6.01. The Morgan fingerprint density at radius 1 is 1.29 bits per heavy atom. The maximum atomic E-state index is 12.7. The van der Waals surface area contributed by atoms with E-state index in [1.54, 1.807) is 0 Å². The second-order valence-corrected chi connectivity index (χ2v) is 6.94. The van der Waals surface area contributed by atoms with Crippen LogP contribution < -0.4 is 0 Å². The van der Waals surface area contributed by atoms with Gasteiger partial charge in [0.25, 0.3) is 0 Å². The lowest BCUT2D eigenvalue weighted by Gasteiger charge is -2.25. The minimum Gasteiger partial charge on any atom is -0.378 e. The molecule has 24 heavy (non-hydrogen) atoms. The molecule has 0 spiro atoms. The van der Waals surface area contributed by atoms with Crippen LogP contribution in [0.15, 0.2) is 24.3 Å². The van der Waals surface area contributed by atoms with Gasteiger partial charge in [-0.2, -0.15) is 0 Å². The van der Waals surface area contributed by atoms with Gasteiger partial charge in [0.15, 0.2) is 0 Å². The Morgan fingerprint density at radius 2 is 2.17 bits per heavy atom. The Kier molecular flexibility index (Phi) is 4.27. The molecule has 2 fully saturated rings. The molecule has 5 heteroatoms. The molecule has 0 unspecified atom stereocenters. The number of para-hydroxylation sites is 2. The fourth-order valence-corrected chi connectivity index (χ4v) is 4.10. The normalized spacial score (nSPS) is 24.1. The van der Waals surface area contributed by atoms with Crippen molar-refractivity contribution in [1.29, 1.82) is 0 Å². The largest absolute Gasteiger partial charge is 0.378 e. The van der Waals surface area contributed by atoms with Gasteiger partial charge in [0.05, 0.1) is 23.2 Å². The molecule has 0 radical (unpaired) electrons.